The fraction of sp³-hybridized carbons (Fsp3) is 0.316. The molecule has 3 rings (SSSR count). The maximum absolute atomic E-state index is 13.1. The zero-order valence-corrected chi connectivity index (χ0v) is 15.5. The summed E-state index contributed by atoms with van der Waals surface area (Å²) >= 11 is 1.49. The predicted molar refractivity (Wildman–Crippen MR) is 100 cm³/mol. The van der Waals surface area contributed by atoms with Crippen molar-refractivity contribution in [3.8, 4) is 11.1 Å². The topological polar surface area (TPSA) is 61.2 Å². The maximum Gasteiger partial charge on any atom is 0.329 e. The standard InChI is InChI=1S/C19H20N2O3S/c1-5-14(19(23)24-4)21-10-20-17-16(18(21)22)15(12(3)25-17)13-8-6-11(2)7-9-13/h6-10,14H,5H2,1-4H3/t14-/m1/s1. The highest BCUT2D eigenvalue weighted by molar-refractivity contribution is 7.19. The molecule has 1 aromatic carbocycles. The molecule has 0 unspecified atom stereocenters. The summed E-state index contributed by atoms with van der Waals surface area (Å²) in [5.74, 6) is -0.436. The fourth-order valence-electron chi connectivity index (χ4n) is 3.02. The van der Waals surface area contributed by atoms with E-state index in [1.54, 1.807) is 0 Å². The summed E-state index contributed by atoms with van der Waals surface area (Å²) in [6.07, 6.45) is 1.91. The first-order valence-corrected chi connectivity index (χ1v) is 8.94. The number of rotatable bonds is 4. The molecule has 0 saturated heterocycles. The van der Waals surface area contributed by atoms with Crippen molar-refractivity contribution < 1.29 is 9.53 Å². The fourth-order valence-corrected chi connectivity index (χ4v) is 4.02. The molecule has 3 aromatic rings. The second kappa shape index (κ2) is 6.80. The quantitative estimate of drug-likeness (QED) is 0.666. The van der Waals surface area contributed by atoms with Gasteiger partial charge in [0.15, 0.2) is 0 Å². The smallest absolute Gasteiger partial charge is 0.329 e. The van der Waals surface area contributed by atoms with Gasteiger partial charge >= 0.3 is 5.97 Å². The Kier molecular flexibility index (Phi) is 4.72. The van der Waals surface area contributed by atoms with Crippen LogP contribution in [0.3, 0.4) is 0 Å². The van der Waals surface area contributed by atoms with Crippen LogP contribution in [-0.2, 0) is 9.53 Å². The van der Waals surface area contributed by atoms with Crippen LogP contribution in [0.2, 0.25) is 0 Å². The average molecular weight is 356 g/mol. The third-order valence-electron chi connectivity index (χ3n) is 4.35. The third kappa shape index (κ3) is 2.98. The van der Waals surface area contributed by atoms with Crippen molar-refractivity contribution in [3.05, 3.63) is 51.4 Å². The number of benzene rings is 1. The highest BCUT2D eigenvalue weighted by Crippen LogP contribution is 2.35. The van der Waals surface area contributed by atoms with E-state index in [2.05, 4.69) is 4.98 Å². The Bertz CT molecular complexity index is 986. The molecule has 0 aliphatic heterocycles. The molecule has 0 aliphatic carbocycles. The molecule has 0 radical (unpaired) electrons. The van der Waals surface area contributed by atoms with Crippen molar-refractivity contribution in [2.75, 3.05) is 7.11 Å². The molecule has 6 heteroatoms. The van der Waals surface area contributed by atoms with Crippen LogP contribution in [0.25, 0.3) is 21.3 Å². The number of hydrogen-bond acceptors (Lipinski definition) is 5. The van der Waals surface area contributed by atoms with Gasteiger partial charge in [0, 0.05) is 10.4 Å². The molecule has 0 amide bonds. The number of hydrogen-bond donors (Lipinski definition) is 0. The molecule has 0 N–H and O–H groups in total. The van der Waals surface area contributed by atoms with E-state index in [0.717, 1.165) is 21.6 Å². The molecule has 0 saturated carbocycles. The molecule has 130 valence electrons. The zero-order valence-electron chi connectivity index (χ0n) is 14.7. The Balaban J connectivity index is 2.28. The van der Waals surface area contributed by atoms with E-state index in [-0.39, 0.29) is 5.56 Å². The van der Waals surface area contributed by atoms with E-state index in [4.69, 9.17) is 4.74 Å². The summed E-state index contributed by atoms with van der Waals surface area (Å²) in [5.41, 5.74) is 2.83. The van der Waals surface area contributed by atoms with Crippen molar-refractivity contribution in [1.29, 1.82) is 0 Å². The molecular formula is C19H20N2O3S. The van der Waals surface area contributed by atoms with Gasteiger partial charge in [0.1, 0.15) is 10.9 Å². The van der Waals surface area contributed by atoms with Gasteiger partial charge in [0.25, 0.3) is 5.56 Å². The number of esters is 1. The third-order valence-corrected chi connectivity index (χ3v) is 5.36. The molecule has 2 heterocycles. The minimum absolute atomic E-state index is 0.206. The van der Waals surface area contributed by atoms with Crippen LogP contribution >= 0.6 is 11.3 Å². The lowest BCUT2D eigenvalue weighted by Gasteiger charge is -2.15. The van der Waals surface area contributed by atoms with Crippen molar-refractivity contribution in [2.24, 2.45) is 0 Å². The normalized spacial score (nSPS) is 12.3. The van der Waals surface area contributed by atoms with Crippen molar-refractivity contribution >= 4 is 27.5 Å². The first kappa shape index (κ1) is 17.4. The summed E-state index contributed by atoms with van der Waals surface area (Å²) in [5, 5.41) is 0.566. The average Bonchev–Trinajstić information content (AvgIpc) is 2.95. The van der Waals surface area contributed by atoms with Gasteiger partial charge in [-0.1, -0.05) is 36.8 Å². The SMILES string of the molecule is CC[C@H](C(=O)OC)n1cnc2sc(C)c(-c3ccc(C)cc3)c2c1=O. The number of aryl methyl sites for hydroxylation is 2. The van der Waals surface area contributed by atoms with Crippen molar-refractivity contribution in [2.45, 2.75) is 33.2 Å². The molecule has 0 bridgehead atoms. The van der Waals surface area contributed by atoms with Crippen molar-refractivity contribution in [1.82, 2.24) is 9.55 Å². The summed E-state index contributed by atoms with van der Waals surface area (Å²) < 4.78 is 6.22. The Morgan fingerprint density at radius 2 is 1.96 bits per heavy atom. The van der Waals surface area contributed by atoms with E-state index < -0.39 is 12.0 Å². The van der Waals surface area contributed by atoms with Crippen LogP contribution in [0, 0.1) is 13.8 Å². The lowest BCUT2D eigenvalue weighted by atomic mass is 10.0. The molecule has 5 nitrogen and oxygen atoms in total. The van der Waals surface area contributed by atoms with Gasteiger partial charge in [0.05, 0.1) is 18.8 Å². The van der Waals surface area contributed by atoms with Gasteiger partial charge in [-0.3, -0.25) is 9.36 Å². The second-order valence-electron chi connectivity index (χ2n) is 5.98. The predicted octanol–water partition coefficient (Wildman–Crippen LogP) is 3.87. The Labute approximate surface area is 149 Å². The van der Waals surface area contributed by atoms with E-state index in [1.807, 2.05) is 45.0 Å². The van der Waals surface area contributed by atoms with Gasteiger partial charge in [0.2, 0.25) is 0 Å². The highest BCUT2D eigenvalue weighted by Gasteiger charge is 2.24. The number of carbonyl (C=O) groups excluding carboxylic acids is 1. The summed E-state index contributed by atoms with van der Waals surface area (Å²) in [6.45, 7) is 5.86. The van der Waals surface area contributed by atoms with E-state index >= 15 is 0 Å². The van der Waals surface area contributed by atoms with Gasteiger partial charge in [-0.15, -0.1) is 11.3 Å². The van der Waals surface area contributed by atoms with Crippen LogP contribution in [0.1, 0.15) is 29.8 Å². The molecule has 0 fully saturated rings. The molecular weight excluding hydrogens is 336 g/mol. The first-order valence-electron chi connectivity index (χ1n) is 8.13. The van der Waals surface area contributed by atoms with E-state index in [9.17, 15) is 9.59 Å². The number of carbonyl (C=O) groups is 1. The highest BCUT2D eigenvalue weighted by atomic mass is 32.1. The molecule has 0 spiro atoms. The van der Waals surface area contributed by atoms with Crippen LogP contribution in [0.4, 0.5) is 0 Å². The Morgan fingerprint density at radius 3 is 2.56 bits per heavy atom. The number of aromatic nitrogens is 2. The number of methoxy groups -OCH3 is 1. The Hall–Kier alpha value is -2.47. The first-order chi connectivity index (χ1) is 12.0. The van der Waals surface area contributed by atoms with Crippen LogP contribution < -0.4 is 5.56 Å². The number of ether oxygens (including phenoxy) is 1. The van der Waals surface area contributed by atoms with Gasteiger partial charge in [-0.05, 0) is 25.8 Å². The molecule has 0 aliphatic rings. The summed E-state index contributed by atoms with van der Waals surface area (Å²) in [4.78, 5) is 31.3. The monoisotopic (exact) mass is 356 g/mol. The van der Waals surface area contributed by atoms with E-state index in [1.165, 1.54) is 29.3 Å². The lowest BCUT2D eigenvalue weighted by Crippen LogP contribution is -2.30. The minimum atomic E-state index is -0.666. The van der Waals surface area contributed by atoms with E-state index in [0.29, 0.717) is 16.6 Å². The van der Waals surface area contributed by atoms with Crippen LogP contribution in [-0.4, -0.2) is 22.6 Å². The lowest BCUT2D eigenvalue weighted by molar-refractivity contribution is -0.144. The molecule has 25 heavy (non-hydrogen) atoms. The summed E-state index contributed by atoms with van der Waals surface area (Å²) in [7, 11) is 1.33. The summed E-state index contributed by atoms with van der Waals surface area (Å²) in [6, 6.07) is 7.41. The van der Waals surface area contributed by atoms with Gasteiger partial charge in [-0.2, -0.15) is 0 Å². The van der Waals surface area contributed by atoms with Crippen LogP contribution in [0.5, 0.6) is 0 Å². The molecule has 1 atom stereocenters. The van der Waals surface area contributed by atoms with Crippen molar-refractivity contribution in [3.63, 3.8) is 0 Å². The largest absolute Gasteiger partial charge is 0.467 e. The van der Waals surface area contributed by atoms with Gasteiger partial charge < -0.3 is 4.74 Å². The Morgan fingerprint density at radius 1 is 1.28 bits per heavy atom. The zero-order chi connectivity index (χ0) is 18.1. The number of nitrogens with zero attached hydrogens (tertiary/aromatic N) is 2. The minimum Gasteiger partial charge on any atom is -0.467 e. The maximum atomic E-state index is 13.1. The molecule has 2 aromatic heterocycles. The van der Waals surface area contributed by atoms with Crippen LogP contribution in [0.15, 0.2) is 35.4 Å². The number of fused-ring (bicyclic) bond motifs is 1. The second-order valence-corrected chi connectivity index (χ2v) is 7.19. The number of thiophene rings is 1. The van der Waals surface area contributed by atoms with Gasteiger partial charge in [-0.25, -0.2) is 9.78 Å².